The van der Waals surface area contributed by atoms with Crippen LogP contribution in [0.15, 0.2) is 42.6 Å². The molecule has 2 aliphatic rings. The summed E-state index contributed by atoms with van der Waals surface area (Å²) in [6.45, 7) is 0. The quantitative estimate of drug-likeness (QED) is 0.277. The highest BCUT2D eigenvalue weighted by molar-refractivity contribution is 6.34. The second-order valence-corrected chi connectivity index (χ2v) is 9.59. The van der Waals surface area contributed by atoms with E-state index in [0.717, 1.165) is 30.4 Å². The first-order valence-electron chi connectivity index (χ1n) is 11.4. The number of halogens is 1. The molecule has 0 radical (unpaired) electrons. The van der Waals surface area contributed by atoms with Crippen LogP contribution in [0.5, 0.6) is 0 Å². The highest BCUT2D eigenvalue weighted by Crippen LogP contribution is 2.42. The number of aromatic amines is 1. The monoisotopic (exact) mass is 517 g/mol. The van der Waals surface area contributed by atoms with Crippen molar-refractivity contribution >= 4 is 34.4 Å². The molecule has 6 N–H and O–H groups in total. The fourth-order valence-corrected chi connectivity index (χ4v) is 4.88. The molecule has 0 spiro atoms. The van der Waals surface area contributed by atoms with Crippen molar-refractivity contribution in [1.82, 2.24) is 4.98 Å². The average molecular weight is 518 g/mol. The molecule has 36 heavy (non-hydrogen) atoms. The maximum atomic E-state index is 12.9. The zero-order valence-corrected chi connectivity index (χ0v) is 19.6. The van der Waals surface area contributed by atoms with Gasteiger partial charge >= 0.3 is 11.9 Å². The van der Waals surface area contributed by atoms with Crippen molar-refractivity contribution in [2.24, 2.45) is 0 Å². The molecule has 1 aliphatic carbocycles. The Kier molecular flexibility index (Phi) is 6.27. The van der Waals surface area contributed by atoms with Gasteiger partial charge in [-0.15, -0.1) is 0 Å². The molecule has 190 valence electrons. The molecule has 5 atom stereocenters. The number of fused-ring (bicyclic) bond motifs is 1. The molecule has 5 rings (SSSR count). The van der Waals surface area contributed by atoms with Crippen LogP contribution in [0.4, 0.5) is 0 Å². The minimum absolute atomic E-state index is 0.0617. The van der Waals surface area contributed by atoms with Crippen LogP contribution in [0.1, 0.15) is 35.2 Å². The lowest BCUT2D eigenvalue weighted by Gasteiger charge is -2.37. The van der Waals surface area contributed by atoms with Crippen molar-refractivity contribution in [3.8, 4) is 11.1 Å². The van der Waals surface area contributed by atoms with E-state index in [9.17, 15) is 35.1 Å². The van der Waals surface area contributed by atoms with Gasteiger partial charge in [-0.25, -0.2) is 9.59 Å². The highest BCUT2D eigenvalue weighted by atomic mass is 35.5. The molecule has 2 heterocycles. The Morgan fingerprint density at radius 3 is 2.36 bits per heavy atom. The topological polar surface area (TPSA) is 170 Å². The zero-order valence-electron chi connectivity index (χ0n) is 18.8. The van der Waals surface area contributed by atoms with Crippen LogP contribution in [0.2, 0.25) is 5.02 Å². The van der Waals surface area contributed by atoms with Crippen molar-refractivity contribution in [2.45, 2.75) is 55.6 Å². The van der Waals surface area contributed by atoms with Gasteiger partial charge in [0.05, 0.1) is 16.2 Å². The second kappa shape index (κ2) is 9.15. The number of carboxylic acids is 1. The smallest absolute Gasteiger partial charge is 0.342 e. The van der Waals surface area contributed by atoms with Gasteiger partial charge in [0.25, 0.3) is 0 Å². The van der Waals surface area contributed by atoms with Crippen molar-refractivity contribution in [3.63, 3.8) is 0 Å². The Bertz CT molecular complexity index is 1320. The van der Waals surface area contributed by atoms with Gasteiger partial charge in [0.2, 0.25) is 6.29 Å². The number of esters is 1. The minimum Gasteiger partial charge on any atom is -0.479 e. The summed E-state index contributed by atoms with van der Waals surface area (Å²) in [5.41, 5.74) is 2.02. The zero-order chi connectivity index (χ0) is 25.8. The first-order valence-corrected chi connectivity index (χ1v) is 11.7. The number of hydrogen-bond acceptors (Lipinski definition) is 8. The number of nitrogens with one attached hydrogen (secondary N) is 1. The van der Waals surface area contributed by atoms with E-state index in [4.69, 9.17) is 21.1 Å². The summed E-state index contributed by atoms with van der Waals surface area (Å²) in [4.78, 5) is 27.2. The SMILES string of the molecule is O=C(O[C@@H]1O[C@H](C(=O)O)[C@@H](O)[C@H](O)[C@H]1O)c1c[nH]c2cc(Cl)c(-c3ccc(C4(O)CCC4)cc3)cc12. The Hall–Kier alpha value is -2.99. The number of carbonyl (C=O) groups excluding carboxylic acids is 1. The molecule has 1 aliphatic heterocycles. The summed E-state index contributed by atoms with van der Waals surface area (Å²) in [6.07, 6.45) is -5.58. The lowest BCUT2D eigenvalue weighted by molar-refractivity contribution is -0.278. The van der Waals surface area contributed by atoms with Crippen LogP contribution in [0.25, 0.3) is 22.0 Å². The van der Waals surface area contributed by atoms with E-state index in [2.05, 4.69) is 4.98 Å². The van der Waals surface area contributed by atoms with Gasteiger partial charge in [-0.05, 0) is 42.5 Å². The van der Waals surface area contributed by atoms with E-state index in [0.29, 0.717) is 21.5 Å². The third-order valence-electron chi connectivity index (χ3n) is 6.94. The number of rotatable bonds is 5. The summed E-state index contributed by atoms with van der Waals surface area (Å²) in [6, 6.07) is 10.7. The number of aliphatic hydroxyl groups excluding tert-OH is 3. The average Bonchev–Trinajstić information content (AvgIpc) is 3.25. The Balaban J connectivity index is 1.42. The molecule has 3 aromatic rings. The lowest BCUT2D eigenvalue weighted by atomic mass is 9.75. The van der Waals surface area contributed by atoms with E-state index < -0.39 is 48.2 Å². The highest BCUT2D eigenvalue weighted by Gasteiger charge is 2.48. The number of aliphatic hydroxyl groups is 4. The maximum absolute atomic E-state index is 12.9. The molecular formula is C25H24ClNO9. The second-order valence-electron chi connectivity index (χ2n) is 9.18. The number of hydrogen-bond donors (Lipinski definition) is 6. The molecule has 10 nitrogen and oxygen atoms in total. The van der Waals surface area contributed by atoms with Gasteiger partial charge in [0.15, 0.2) is 6.10 Å². The first kappa shape index (κ1) is 24.7. The predicted molar refractivity (Wildman–Crippen MR) is 126 cm³/mol. The standard InChI is InChI=1S/C25H24ClNO9/c26-16-9-17-14(8-13(16)11-2-4-12(5-3-11)25(34)6-1-7-25)15(10-27-17)23(33)36-24-20(30)18(28)19(29)21(35-24)22(31)32/h2-5,8-10,18-21,24,27-30,34H,1,6-7H2,(H,31,32)/t18-,19-,20+,21-,24-/m0/s1. The molecular weight excluding hydrogens is 494 g/mol. The molecule has 1 saturated carbocycles. The molecule has 0 unspecified atom stereocenters. The van der Waals surface area contributed by atoms with Gasteiger partial charge in [-0.1, -0.05) is 35.9 Å². The van der Waals surface area contributed by atoms with Gasteiger partial charge in [0.1, 0.15) is 18.3 Å². The van der Waals surface area contributed by atoms with E-state index in [-0.39, 0.29) is 5.56 Å². The summed E-state index contributed by atoms with van der Waals surface area (Å²) in [5, 5.41) is 50.5. The number of carbonyl (C=O) groups is 2. The fraction of sp³-hybridized carbons (Fsp3) is 0.360. The number of carboxylic acid groups (broad SMARTS) is 1. The van der Waals surface area contributed by atoms with E-state index in [1.807, 2.05) is 24.3 Å². The van der Waals surface area contributed by atoms with Crippen molar-refractivity contribution in [3.05, 3.63) is 58.7 Å². The van der Waals surface area contributed by atoms with Gasteiger partial charge < -0.3 is 40.0 Å². The predicted octanol–water partition coefficient (Wildman–Crippen LogP) is 1.91. The number of benzene rings is 2. The number of aromatic nitrogens is 1. The van der Waals surface area contributed by atoms with Crippen LogP contribution >= 0.6 is 11.6 Å². The summed E-state index contributed by atoms with van der Waals surface area (Å²) < 4.78 is 10.2. The van der Waals surface area contributed by atoms with Crippen LogP contribution < -0.4 is 0 Å². The first-order chi connectivity index (χ1) is 17.1. The maximum Gasteiger partial charge on any atom is 0.342 e. The van der Waals surface area contributed by atoms with Crippen LogP contribution in [0.3, 0.4) is 0 Å². The summed E-state index contributed by atoms with van der Waals surface area (Å²) in [7, 11) is 0. The van der Waals surface area contributed by atoms with Crippen LogP contribution in [-0.4, -0.2) is 73.2 Å². The summed E-state index contributed by atoms with van der Waals surface area (Å²) in [5.74, 6) is -2.54. The third kappa shape index (κ3) is 4.15. The van der Waals surface area contributed by atoms with E-state index in [1.54, 1.807) is 12.1 Å². The minimum atomic E-state index is -1.90. The van der Waals surface area contributed by atoms with Crippen LogP contribution in [0, 0.1) is 0 Å². The van der Waals surface area contributed by atoms with E-state index >= 15 is 0 Å². The Labute approximate surface area is 209 Å². The number of ether oxygens (including phenoxy) is 2. The van der Waals surface area contributed by atoms with Crippen molar-refractivity contribution in [2.75, 3.05) is 0 Å². The number of aliphatic carboxylic acids is 1. The lowest BCUT2D eigenvalue weighted by Crippen LogP contribution is -2.60. The molecule has 0 amide bonds. The largest absolute Gasteiger partial charge is 0.479 e. The summed E-state index contributed by atoms with van der Waals surface area (Å²) >= 11 is 6.50. The molecule has 1 saturated heterocycles. The fourth-order valence-electron chi connectivity index (χ4n) is 4.61. The molecule has 1 aromatic heterocycles. The molecule has 11 heteroatoms. The van der Waals surface area contributed by atoms with Gasteiger partial charge in [-0.3, -0.25) is 0 Å². The molecule has 2 fully saturated rings. The van der Waals surface area contributed by atoms with Crippen molar-refractivity contribution < 1.29 is 44.6 Å². The molecule has 2 aromatic carbocycles. The van der Waals surface area contributed by atoms with Crippen LogP contribution in [-0.2, 0) is 19.9 Å². The van der Waals surface area contributed by atoms with E-state index in [1.165, 1.54) is 6.20 Å². The third-order valence-corrected chi connectivity index (χ3v) is 7.25. The number of H-pyrrole nitrogens is 1. The normalized spacial score (nSPS) is 27.4. The van der Waals surface area contributed by atoms with Gasteiger partial charge in [-0.2, -0.15) is 0 Å². The van der Waals surface area contributed by atoms with Crippen molar-refractivity contribution in [1.29, 1.82) is 0 Å². The Morgan fingerprint density at radius 1 is 1.06 bits per heavy atom. The molecule has 0 bridgehead atoms. The Morgan fingerprint density at radius 2 is 1.75 bits per heavy atom. The van der Waals surface area contributed by atoms with Gasteiger partial charge in [0, 0.05) is 22.7 Å².